The average molecular weight is 301 g/mol. The van der Waals surface area contributed by atoms with Crippen molar-refractivity contribution < 1.29 is 28.2 Å². The van der Waals surface area contributed by atoms with Gasteiger partial charge in [-0.3, -0.25) is 4.90 Å². The number of carboxylic acids is 1. The number of carbonyl (C=O) groups excluding carboxylic acids is 1. The van der Waals surface area contributed by atoms with Crippen molar-refractivity contribution in [3.8, 4) is 0 Å². The monoisotopic (exact) mass is 301 g/mol. The van der Waals surface area contributed by atoms with Gasteiger partial charge in [-0.05, 0) is 12.0 Å². The van der Waals surface area contributed by atoms with Crippen LogP contribution >= 0.6 is 0 Å². The summed E-state index contributed by atoms with van der Waals surface area (Å²) < 4.78 is 29.3. The van der Waals surface area contributed by atoms with E-state index in [-0.39, 0.29) is 13.0 Å². The number of hydrogen-bond acceptors (Lipinski definition) is 3. The molecule has 0 aliphatic rings. The van der Waals surface area contributed by atoms with Gasteiger partial charge in [0.05, 0.1) is 0 Å². The molecule has 0 aromatic heterocycles. The Labute approximate surface area is 121 Å². The summed E-state index contributed by atoms with van der Waals surface area (Å²) in [5, 5.41) is 9.00. The molecule has 116 valence electrons. The van der Waals surface area contributed by atoms with Gasteiger partial charge in [0.15, 0.2) is 0 Å². The first-order valence-electron chi connectivity index (χ1n) is 6.36. The van der Waals surface area contributed by atoms with Crippen molar-refractivity contribution in [3.05, 3.63) is 35.9 Å². The molecule has 0 fully saturated rings. The summed E-state index contributed by atoms with van der Waals surface area (Å²) in [5.41, 5.74) is 0.749. The smallest absolute Gasteiger partial charge is 0.410 e. The molecule has 5 nitrogen and oxygen atoms in total. The minimum atomic E-state index is -2.61. The zero-order valence-corrected chi connectivity index (χ0v) is 11.5. The van der Waals surface area contributed by atoms with Crippen LogP contribution in [0.1, 0.15) is 18.4 Å². The lowest BCUT2D eigenvalue weighted by Gasteiger charge is -2.24. The summed E-state index contributed by atoms with van der Waals surface area (Å²) in [7, 11) is 1.22. The minimum Gasteiger partial charge on any atom is -0.480 e. The second kappa shape index (κ2) is 8.18. The fraction of sp³-hybridized carbons (Fsp3) is 0.429. The summed E-state index contributed by atoms with van der Waals surface area (Å²) in [6, 6.07) is 7.52. The van der Waals surface area contributed by atoms with Crippen LogP contribution in [0.15, 0.2) is 30.3 Å². The Morgan fingerprint density at radius 2 is 1.86 bits per heavy atom. The highest BCUT2D eigenvalue weighted by atomic mass is 19.3. The van der Waals surface area contributed by atoms with E-state index in [2.05, 4.69) is 0 Å². The van der Waals surface area contributed by atoms with Gasteiger partial charge in [0, 0.05) is 13.5 Å². The number of halogens is 2. The van der Waals surface area contributed by atoms with E-state index in [9.17, 15) is 18.4 Å². The topological polar surface area (TPSA) is 66.8 Å². The number of likely N-dealkylation sites (N-methyl/N-ethyl adjacent to an activating group) is 1. The molecule has 1 N–H and O–H groups in total. The first kappa shape index (κ1) is 16.9. The van der Waals surface area contributed by atoms with E-state index in [1.807, 2.05) is 6.07 Å². The molecule has 1 amide bonds. The number of carboxylic acid groups (broad SMARTS) is 1. The van der Waals surface area contributed by atoms with Crippen molar-refractivity contribution in [2.75, 3.05) is 7.05 Å². The van der Waals surface area contributed by atoms with E-state index in [4.69, 9.17) is 9.84 Å². The van der Waals surface area contributed by atoms with Gasteiger partial charge in [0.25, 0.3) is 0 Å². The number of amides is 1. The zero-order valence-electron chi connectivity index (χ0n) is 11.5. The number of aliphatic carboxylic acids is 1. The number of rotatable bonds is 7. The maximum atomic E-state index is 12.2. The summed E-state index contributed by atoms with van der Waals surface area (Å²) in [4.78, 5) is 23.6. The fourth-order valence-electron chi connectivity index (χ4n) is 1.72. The van der Waals surface area contributed by atoms with Crippen molar-refractivity contribution in [2.45, 2.75) is 31.9 Å². The minimum absolute atomic E-state index is 0.00873. The van der Waals surface area contributed by atoms with Crippen LogP contribution in [0.4, 0.5) is 13.6 Å². The van der Waals surface area contributed by atoms with E-state index >= 15 is 0 Å². The molecule has 0 saturated carbocycles. The van der Waals surface area contributed by atoms with E-state index in [1.54, 1.807) is 24.3 Å². The number of nitrogens with zero attached hydrogens (tertiary/aromatic N) is 1. The molecule has 1 aromatic rings. The highest BCUT2D eigenvalue weighted by Gasteiger charge is 2.28. The van der Waals surface area contributed by atoms with Gasteiger partial charge in [-0.25, -0.2) is 18.4 Å². The van der Waals surface area contributed by atoms with Crippen LogP contribution in [-0.2, 0) is 16.1 Å². The van der Waals surface area contributed by atoms with E-state index in [0.29, 0.717) is 0 Å². The van der Waals surface area contributed by atoms with Gasteiger partial charge in [-0.2, -0.15) is 0 Å². The van der Waals surface area contributed by atoms with Crippen molar-refractivity contribution >= 4 is 12.1 Å². The third kappa shape index (κ3) is 5.76. The Hall–Kier alpha value is -2.18. The molecule has 0 radical (unpaired) electrons. The zero-order chi connectivity index (χ0) is 15.8. The Morgan fingerprint density at radius 3 is 2.38 bits per heavy atom. The van der Waals surface area contributed by atoms with Gasteiger partial charge in [0.2, 0.25) is 6.43 Å². The molecule has 1 rings (SSSR count). The predicted molar refractivity (Wildman–Crippen MR) is 71.1 cm³/mol. The summed E-state index contributed by atoms with van der Waals surface area (Å²) >= 11 is 0. The molecular formula is C14H17F2NO4. The normalized spacial score (nSPS) is 12.0. The van der Waals surface area contributed by atoms with Gasteiger partial charge in [-0.1, -0.05) is 30.3 Å². The molecule has 1 unspecified atom stereocenters. The average Bonchev–Trinajstić information content (AvgIpc) is 2.45. The second-order valence-electron chi connectivity index (χ2n) is 4.47. The number of ether oxygens (including phenoxy) is 1. The quantitative estimate of drug-likeness (QED) is 0.841. The van der Waals surface area contributed by atoms with Crippen LogP contribution in [0.25, 0.3) is 0 Å². The largest absolute Gasteiger partial charge is 0.480 e. The number of carbonyl (C=O) groups is 2. The van der Waals surface area contributed by atoms with Crippen molar-refractivity contribution in [2.24, 2.45) is 0 Å². The lowest BCUT2D eigenvalue weighted by atomic mass is 10.1. The van der Waals surface area contributed by atoms with E-state index in [0.717, 1.165) is 10.5 Å². The van der Waals surface area contributed by atoms with Crippen molar-refractivity contribution in [1.82, 2.24) is 4.90 Å². The first-order valence-corrected chi connectivity index (χ1v) is 6.36. The number of alkyl halides is 2. The maximum absolute atomic E-state index is 12.2. The standard InChI is InChI=1S/C14H17F2NO4/c1-17(11(13(18)19)7-8-12(15)16)14(20)21-9-10-5-3-2-4-6-10/h2-6,11-12H,7-9H2,1H3,(H,18,19). The summed E-state index contributed by atoms with van der Waals surface area (Å²) in [5.74, 6) is -1.34. The van der Waals surface area contributed by atoms with Crippen molar-refractivity contribution in [3.63, 3.8) is 0 Å². The molecule has 0 aliphatic carbocycles. The lowest BCUT2D eigenvalue weighted by Crippen LogP contribution is -2.42. The third-order valence-corrected chi connectivity index (χ3v) is 2.90. The summed E-state index contributed by atoms with van der Waals surface area (Å²) in [6.45, 7) is -0.00873. The third-order valence-electron chi connectivity index (χ3n) is 2.90. The Kier molecular flexibility index (Phi) is 6.58. The van der Waals surface area contributed by atoms with E-state index < -0.39 is 31.0 Å². The van der Waals surface area contributed by atoms with Crippen LogP contribution < -0.4 is 0 Å². The Balaban J connectivity index is 2.55. The molecule has 0 spiro atoms. The van der Waals surface area contributed by atoms with Gasteiger partial charge < -0.3 is 9.84 Å². The molecule has 21 heavy (non-hydrogen) atoms. The maximum Gasteiger partial charge on any atom is 0.410 e. The predicted octanol–water partition coefficient (Wildman–Crippen LogP) is 2.75. The van der Waals surface area contributed by atoms with Crippen LogP contribution in [-0.4, -0.2) is 41.6 Å². The van der Waals surface area contributed by atoms with E-state index in [1.165, 1.54) is 7.05 Å². The Bertz CT molecular complexity index is 467. The molecule has 1 atom stereocenters. The molecule has 0 saturated heterocycles. The van der Waals surface area contributed by atoms with Crippen LogP contribution in [0.3, 0.4) is 0 Å². The highest BCUT2D eigenvalue weighted by Crippen LogP contribution is 2.13. The highest BCUT2D eigenvalue weighted by molar-refractivity contribution is 5.79. The Morgan fingerprint density at radius 1 is 1.24 bits per heavy atom. The number of hydrogen-bond donors (Lipinski definition) is 1. The van der Waals surface area contributed by atoms with Gasteiger partial charge in [0.1, 0.15) is 12.6 Å². The lowest BCUT2D eigenvalue weighted by molar-refractivity contribution is -0.142. The molecule has 0 aliphatic heterocycles. The van der Waals surface area contributed by atoms with Crippen molar-refractivity contribution in [1.29, 1.82) is 0 Å². The van der Waals surface area contributed by atoms with Gasteiger partial charge in [-0.15, -0.1) is 0 Å². The summed E-state index contributed by atoms with van der Waals surface area (Å²) in [6.07, 6.45) is -4.39. The molecule has 7 heteroatoms. The van der Waals surface area contributed by atoms with Gasteiger partial charge >= 0.3 is 12.1 Å². The van der Waals surface area contributed by atoms with Crippen LogP contribution in [0.2, 0.25) is 0 Å². The SMILES string of the molecule is CN(C(=O)OCc1ccccc1)C(CCC(F)F)C(=O)O. The molecule has 1 aromatic carbocycles. The second-order valence-corrected chi connectivity index (χ2v) is 4.47. The first-order chi connectivity index (χ1) is 9.91. The fourth-order valence-corrected chi connectivity index (χ4v) is 1.72. The molecule has 0 heterocycles. The molecular weight excluding hydrogens is 284 g/mol. The number of benzene rings is 1. The van der Waals surface area contributed by atoms with Crippen LogP contribution in [0.5, 0.6) is 0 Å². The van der Waals surface area contributed by atoms with Crippen LogP contribution in [0, 0.1) is 0 Å². The molecule has 0 bridgehead atoms.